The van der Waals surface area contributed by atoms with Crippen LogP contribution in [0.3, 0.4) is 0 Å². The van der Waals surface area contributed by atoms with Crippen LogP contribution >= 0.6 is 11.6 Å². The van der Waals surface area contributed by atoms with Gasteiger partial charge in [-0.3, -0.25) is 0 Å². The van der Waals surface area contributed by atoms with E-state index in [4.69, 9.17) is 11.6 Å². The molecule has 0 radical (unpaired) electrons. The minimum atomic E-state index is -0.926. The van der Waals surface area contributed by atoms with Gasteiger partial charge in [-0.25, -0.2) is 8.78 Å². The van der Waals surface area contributed by atoms with Gasteiger partial charge in [0.15, 0.2) is 0 Å². The predicted octanol–water partition coefficient (Wildman–Crippen LogP) is 1.53. The lowest BCUT2D eigenvalue weighted by atomic mass is 10.5. The van der Waals surface area contributed by atoms with Crippen molar-refractivity contribution in [1.29, 1.82) is 0 Å². The molecule has 0 bridgehead atoms. The maximum absolute atomic E-state index is 11.0. The minimum absolute atomic E-state index is 0.780. The first-order chi connectivity index (χ1) is 2.81. The van der Waals surface area contributed by atoms with Gasteiger partial charge >= 0.3 is 0 Å². The standard InChI is InChI=1S/C3H5ClF2/c4-3(1-5)2-6/h3H,1-2H2. The van der Waals surface area contributed by atoms with Gasteiger partial charge in [-0.05, 0) is 0 Å². The summed E-state index contributed by atoms with van der Waals surface area (Å²) in [6, 6.07) is 0. The summed E-state index contributed by atoms with van der Waals surface area (Å²) >= 11 is 4.90. The largest absolute Gasteiger partial charge is 0.249 e. The molecule has 0 aromatic rings. The van der Waals surface area contributed by atoms with Crippen molar-refractivity contribution >= 4 is 11.6 Å². The zero-order valence-corrected chi connectivity index (χ0v) is 3.88. The molecule has 38 valence electrons. The smallest absolute Gasteiger partial charge is 0.108 e. The maximum Gasteiger partial charge on any atom is 0.108 e. The van der Waals surface area contributed by atoms with E-state index < -0.39 is 18.7 Å². The molecular weight excluding hydrogens is 109 g/mol. The van der Waals surface area contributed by atoms with E-state index in [0.29, 0.717) is 0 Å². The highest BCUT2D eigenvalue weighted by Gasteiger charge is 1.98. The van der Waals surface area contributed by atoms with E-state index in [1.807, 2.05) is 0 Å². The van der Waals surface area contributed by atoms with Crippen LogP contribution in [0.2, 0.25) is 0 Å². The van der Waals surface area contributed by atoms with Gasteiger partial charge in [0.25, 0.3) is 0 Å². The molecule has 0 aromatic carbocycles. The lowest BCUT2D eigenvalue weighted by Gasteiger charge is -1.90. The Morgan fingerprint density at radius 3 is 1.67 bits per heavy atom. The molecule has 0 unspecified atom stereocenters. The van der Waals surface area contributed by atoms with Gasteiger partial charge in [-0.2, -0.15) is 0 Å². The SMILES string of the molecule is FCC(Cl)CF. The zero-order valence-electron chi connectivity index (χ0n) is 3.13. The first kappa shape index (κ1) is 6.15. The molecular formula is C3H5ClF2. The lowest BCUT2D eigenvalue weighted by molar-refractivity contribution is 0.403. The van der Waals surface area contributed by atoms with Crippen molar-refractivity contribution in [2.24, 2.45) is 0 Å². The second kappa shape index (κ2) is 3.34. The zero-order chi connectivity index (χ0) is 4.99. The molecule has 0 aliphatic carbocycles. The number of halogens is 3. The molecule has 0 N–H and O–H groups in total. The van der Waals surface area contributed by atoms with Gasteiger partial charge in [0.1, 0.15) is 13.3 Å². The topological polar surface area (TPSA) is 0 Å². The van der Waals surface area contributed by atoms with Crippen LogP contribution in [0.15, 0.2) is 0 Å². The molecule has 6 heavy (non-hydrogen) atoms. The fourth-order valence-corrected chi connectivity index (χ4v) is 0.0412. The molecule has 0 amide bonds. The minimum Gasteiger partial charge on any atom is -0.249 e. The van der Waals surface area contributed by atoms with Crippen LogP contribution in [0.5, 0.6) is 0 Å². The molecule has 0 aliphatic rings. The Bertz CT molecular complexity index is 28.0. The summed E-state index contributed by atoms with van der Waals surface area (Å²) in [6.07, 6.45) is 0. The maximum atomic E-state index is 11.0. The van der Waals surface area contributed by atoms with E-state index in [1.165, 1.54) is 0 Å². The number of hydrogen-bond acceptors (Lipinski definition) is 0. The van der Waals surface area contributed by atoms with Crippen molar-refractivity contribution in [3.8, 4) is 0 Å². The number of alkyl halides is 3. The van der Waals surface area contributed by atoms with Gasteiger partial charge in [-0.1, -0.05) is 0 Å². The van der Waals surface area contributed by atoms with E-state index in [0.717, 1.165) is 0 Å². The van der Waals surface area contributed by atoms with Crippen LogP contribution in [0, 0.1) is 0 Å². The van der Waals surface area contributed by atoms with Crippen molar-refractivity contribution in [2.45, 2.75) is 5.38 Å². The van der Waals surface area contributed by atoms with Crippen LogP contribution < -0.4 is 0 Å². The summed E-state index contributed by atoms with van der Waals surface area (Å²) in [5.41, 5.74) is 0. The highest BCUT2D eigenvalue weighted by atomic mass is 35.5. The van der Waals surface area contributed by atoms with Crippen LogP contribution in [-0.2, 0) is 0 Å². The molecule has 0 aromatic heterocycles. The molecule has 3 heteroatoms. The second-order valence-corrected chi connectivity index (χ2v) is 1.52. The van der Waals surface area contributed by atoms with Crippen molar-refractivity contribution in [2.75, 3.05) is 13.3 Å². The van der Waals surface area contributed by atoms with Crippen molar-refractivity contribution in [3.05, 3.63) is 0 Å². The Hall–Kier alpha value is 0.150. The van der Waals surface area contributed by atoms with Crippen molar-refractivity contribution in [3.63, 3.8) is 0 Å². The van der Waals surface area contributed by atoms with E-state index in [2.05, 4.69) is 0 Å². The van der Waals surface area contributed by atoms with Crippen LogP contribution in [-0.4, -0.2) is 18.7 Å². The third-order valence-electron chi connectivity index (χ3n) is 0.335. The first-order valence-corrected chi connectivity index (χ1v) is 2.01. The Morgan fingerprint density at radius 2 is 1.67 bits per heavy atom. The van der Waals surface area contributed by atoms with Crippen LogP contribution in [0.1, 0.15) is 0 Å². The highest BCUT2D eigenvalue weighted by Crippen LogP contribution is 1.94. The van der Waals surface area contributed by atoms with Gasteiger partial charge in [0.2, 0.25) is 0 Å². The number of rotatable bonds is 2. The van der Waals surface area contributed by atoms with Crippen LogP contribution in [0.4, 0.5) is 8.78 Å². The molecule has 0 saturated carbocycles. The Labute approximate surface area is 40.1 Å². The average Bonchev–Trinajstić information content (AvgIpc) is 1.65. The summed E-state index contributed by atoms with van der Waals surface area (Å²) in [6.45, 7) is -1.56. The molecule has 0 nitrogen and oxygen atoms in total. The normalized spacial score (nSPS) is 10.0. The summed E-state index contributed by atoms with van der Waals surface area (Å²) in [4.78, 5) is 0. The van der Waals surface area contributed by atoms with Gasteiger partial charge in [0, 0.05) is 0 Å². The van der Waals surface area contributed by atoms with Crippen LogP contribution in [0.25, 0.3) is 0 Å². The van der Waals surface area contributed by atoms with Gasteiger partial charge < -0.3 is 0 Å². The summed E-state index contributed by atoms with van der Waals surface area (Å²) in [7, 11) is 0. The molecule has 0 aliphatic heterocycles. The molecule has 0 spiro atoms. The monoisotopic (exact) mass is 114 g/mol. The predicted molar refractivity (Wildman–Crippen MR) is 21.6 cm³/mol. The Morgan fingerprint density at radius 1 is 1.33 bits per heavy atom. The third kappa shape index (κ3) is 2.39. The Kier molecular flexibility index (Phi) is 3.43. The second-order valence-electron chi connectivity index (χ2n) is 0.906. The molecule has 0 rings (SSSR count). The summed E-state index contributed by atoms with van der Waals surface area (Å²) < 4.78 is 22.0. The van der Waals surface area contributed by atoms with E-state index in [1.54, 1.807) is 0 Å². The molecule has 0 heterocycles. The highest BCUT2D eigenvalue weighted by molar-refractivity contribution is 6.20. The molecule has 0 fully saturated rings. The van der Waals surface area contributed by atoms with Gasteiger partial charge in [-0.15, -0.1) is 11.6 Å². The van der Waals surface area contributed by atoms with E-state index in [9.17, 15) is 8.78 Å². The van der Waals surface area contributed by atoms with Crippen molar-refractivity contribution in [1.82, 2.24) is 0 Å². The summed E-state index contributed by atoms with van der Waals surface area (Å²) in [5.74, 6) is 0. The fourth-order valence-electron chi connectivity index (χ4n) is 0.0412. The number of hydrogen-bond donors (Lipinski definition) is 0. The first-order valence-electron chi connectivity index (χ1n) is 1.57. The van der Waals surface area contributed by atoms with E-state index >= 15 is 0 Å². The fraction of sp³-hybridized carbons (Fsp3) is 1.00. The van der Waals surface area contributed by atoms with Gasteiger partial charge in [0.05, 0.1) is 5.38 Å². The molecule has 0 atom stereocenters. The average molecular weight is 115 g/mol. The van der Waals surface area contributed by atoms with E-state index in [-0.39, 0.29) is 0 Å². The quantitative estimate of drug-likeness (QED) is 0.478. The summed E-state index contributed by atoms with van der Waals surface area (Å²) in [5, 5.41) is -0.926. The van der Waals surface area contributed by atoms with Crippen molar-refractivity contribution < 1.29 is 8.78 Å². The lowest BCUT2D eigenvalue weighted by Crippen LogP contribution is -2.01. The molecule has 0 saturated heterocycles. The Balaban J connectivity index is 2.75. The third-order valence-corrected chi connectivity index (χ3v) is 0.568.